The van der Waals surface area contributed by atoms with E-state index >= 15 is 0 Å². The highest BCUT2D eigenvalue weighted by Gasteiger charge is 2.25. The van der Waals surface area contributed by atoms with E-state index in [0.717, 1.165) is 5.56 Å². The second kappa shape index (κ2) is 11.6. The predicted molar refractivity (Wildman–Crippen MR) is 120 cm³/mol. The summed E-state index contributed by atoms with van der Waals surface area (Å²) in [5.74, 6) is 0.298. The van der Waals surface area contributed by atoms with Crippen molar-refractivity contribution in [2.24, 2.45) is 12.0 Å². The summed E-state index contributed by atoms with van der Waals surface area (Å²) in [6, 6.07) is 9.71. The Balaban J connectivity index is 0.00000392. The molecule has 1 atom stereocenters. The lowest BCUT2D eigenvalue weighted by Gasteiger charge is -2.23. The lowest BCUT2D eigenvalue weighted by atomic mass is 10.00. The van der Waals surface area contributed by atoms with E-state index in [2.05, 4.69) is 26.0 Å². The van der Waals surface area contributed by atoms with E-state index < -0.39 is 5.60 Å². The molecule has 0 saturated heterocycles. The van der Waals surface area contributed by atoms with Crippen molar-refractivity contribution in [3.05, 3.63) is 53.9 Å². The van der Waals surface area contributed by atoms with Crippen LogP contribution in [0.5, 0.6) is 0 Å². The molecule has 2 aromatic rings. The van der Waals surface area contributed by atoms with Crippen LogP contribution in [-0.2, 0) is 24.0 Å². The van der Waals surface area contributed by atoms with Crippen molar-refractivity contribution < 1.29 is 9.90 Å². The van der Waals surface area contributed by atoms with Crippen molar-refractivity contribution in [3.8, 4) is 0 Å². The van der Waals surface area contributed by atoms with Gasteiger partial charge in [0.2, 0.25) is 5.91 Å². The van der Waals surface area contributed by atoms with Gasteiger partial charge in [0.05, 0.1) is 12.7 Å². The molecule has 28 heavy (non-hydrogen) atoms. The van der Waals surface area contributed by atoms with Crippen LogP contribution in [0.1, 0.15) is 25.0 Å². The first-order valence-electron chi connectivity index (χ1n) is 8.95. The van der Waals surface area contributed by atoms with E-state index in [1.54, 1.807) is 31.0 Å². The molecule has 0 aliphatic rings. The zero-order chi connectivity index (χ0) is 19.7. The number of hydrogen-bond donors (Lipinski definition) is 4. The Morgan fingerprint density at radius 1 is 1.25 bits per heavy atom. The highest BCUT2D eigenvalue weighted by Crippen LogP contribution is 2.18. The van der Waals surface area contributed by atoms with Gasteiger partial charge in [0, 0.05) is 31.9 Å². The van der Waals surface area contributed by atoms with E-state index in [1.165, 1.54) is 0 Å². The average molecular weight is 500 g/mol. The largest absolute Gasteiger partial charge is 0.383 e. The van der Waals surface area contributed by atoms with Crippen LogP contribution in [0.15, 0.2) is 47.7 Å². The Hall–Kier alpha value is -2.14. The van der Waals surface area contributed by atoms with Gasteiger partial charge in [-0.25, -0.2) is 4.99 Å². The molecule has 154 valence electrons. The van der Waals surface area contributed by atoms with Gasteiger partial charge in [0.1, 0.15) is 12.1 Å². The minimum absolute atomic E-state index is 0. The van der Waals surface area contributed by atoms with Crippen LogP contribution in [0.4, 0.5) is 0 Å². The van der Waals surface area contributed by atoms with Crippen molar-refractivity contribution in [3.63, 3.8) is 0 Å². The number of aryl methyl sites for hydroxylation is 1. The fourth-order valence-electron chi connectivity index (χ4n) is 2.40. The van der Waals surface area contributed by atoms with Crippen molar-refractivity contribution in [2.75, 3.05) is 19.6 Å². The van der Waals surface area contributed by atoms with Gasteiger partial charge in [0.25, 0.3) is 0 Å². The summed E-state index contributed by atoms with van der Waals surface area (Å²) in [7, 11) is 1.80. The Labute approximate surface area is 182 Å². The molecule has 0 spiro atoms. The molecule has 0 aliphatic heterocycles. The molecule has 1 aromatic carbocycles. The fraction of sp³-hybridized carbons (Fsp3) is 0.421. The number of carbonyl (C=O) groups excluding carboxylic acids is 1. The number of aliphatic imine (C=N–C) groups is 1. The van der Waals surface area contributed by atoms with Crippen LogP contribution in [0.2, 0.25) is 0 Å². The van der Waals surface area contributed by atoms with Crippen LogP contribution >= 0.6 is 24.0 Å². The summed E-state index contributed by atoms with van der Waals surface area (Å²) >= 11 is 0. The maximum Gasteiger partial charge on any atom is 0.242 e. The molecule has 1 unspecified atom stereocenters. The summed E-state index contributed by atoms with van der Waals surface area (Å²) in [4.78, 5) is 16.3. The van der Waals surface area contributed by atoms with Crippen LogP contribution in [0.25, 0.3) is 0 Å². The Morgan fingerprint density at radius 3 is 2.57 bits per heavy atom. The molecule has 1 aromatic heterocycles. The zero-order valence-electron chi connectivity index (χ0n) is 16.5. The zero-order valence-corrected chi connectivity index (χ0v) is 18.8. The smallest absolute Gasteiger partial charge is 0.242 e. The van der Waals surface area contributed by atoms with Crippen LogP contribution < -0.4 is 16.0 Å². The topological polar surface area (TPSA) is 104 Å². The van der Waals surface area contributed by atoms with E-state index in [0.29, 0.717) is 24.6 Å². The number of aromatic nitrogens is 2. The van der Waals surface area contributed by atoms with Crippen LogP contribution in [-0.4, -0.2) is 46.4 Å². The number of amides is 1. The number of nitrogens with zero attached hydrogens (tertiary/aromatic N) is 3. The number of guanidine groups is 1. The van der Waals surface area contributed by atoms with Gasteiger partial charge in [-0.1, -0.05) is 30.3 Å². The summed E-state index contributed by atoms with van der Waals surface area (Å²) in [6.07, 6.45) is 3.39. The van der Waals surface area contributed by atoms with Gasteiger partial charge in [-0.2, -0.15) is 5.10 Å². The van der Waals surface area contributed by atoms with Gasteiger partial charge >= 0.3 is 0 Å². The van der Waals surface area contributed by atoms with Gasteiger partial charge in [-0.05, 0) is 19.4 Å². The summed E-state index contributed by atoms with van der Waals surface area (Å²) in [6.45, 7) is 4.98. The molecule has 1 heterocycles. The Morgan fingerprint density at radius 2 is 1.96 bits per heavy atom. The third-order valence-corrected chi connectivity index (χ3v) is 3.98. The van der Waals surface area contributed by atoms with Gasteiger partial charge in [-0.3, -0.25) is 9.48 Å². The van der Waals surface area contributed by atoms with Crippen LogP contribution in [0, 0.1) is 0 Å². The first-order valence-corrected chi connectivity index (χ1v) is 8.95. The van der Waals surface area contributed by atoms with Crippen molar-refractivity contribution in [2.45, 2.75) is 26.0 Å². The number of nitrogens with one attached hydrogen (secondary N) is 3. The normalized spacial score (nSPS) is 13.2. The average Bonchev–Trinajstić information content (AvgIpc) is 3.10. The molecular weight excluding hydrogens is 471 g/mol. The van der Waals surface area contributed by atoms with Crippen molar-refractivity contribution in [1.29, 1.82) is 0 Å². The van der Waals surface area contributed by atoms with E-state index in [4.69, 9.17) is 0 Å². The summed E-state index contributed by atoms with van der Waals surface area (Å²) < 4.78 is 1.64. The second-order valence-electron chi connectivity index (χ2n) is 6.49. The standard InChI is InChI=1S/C19H28N6O2.HI/c1-4-20-18(23-14-19(2,27)16-11-24-25(3)13-16)22-12-17(26)21-10-15-8-6-5-7-9-15;/h5-9,11,13,27H,4,10,12,14H2,1-3H3,(H,21,26)(H2,20,22,23);1H. The molecule has 0 radical (unpaired) electrons. The number of hydrogen-bond acceptors (Lipinski definition) is 4. The molecular formula is C19H29IN6O2. The first kappa shape index (κ1) is 23.9. The van der Waals surface area contributed by atoms with Crippen LogP contribution in [0.3, 0.4) is 0 Å². The van der Waals surface area contributed by atoms with Gasteiger partial charge < -0.3 is 21.1 Å². The monoisotopic (exact) mass is 500 g/mol. The molecule has 2 rings (SSSR count). The minimum atomic E-state index is -1.11. The highest BCUT2D eigenvalue weighted by molar-refractivity contribution is 14.0. The Bertz CT molecular complexity index is 761. The first-order chi connectivity index (χ1) is 12.9. The Kier molecular flexibility index (Phi) is 9.94. The molecule has 1 amide bonds. The number of aliphatic hydroxyl groups is 1. The highest BCUT2D eigenvalue weighted by atomic mass is 127. The molecule has 8 nitrogen and oxygen atoms in total. The lowest BCUT2D eigenvalue weighted by molar-refractivity contribution is -0.119. The fourth-order valence-corrected chi connectivity index (χ4v) is 2.40. The lowest BCUT2D eigenvalue weighted by Crippen LogP contribution is -2.45. The number of halogens is 1. The van der Waals surface area contributed by atoms with E-state index in [1.807, 2.05) is 37.3 Å². The number of rotatable bonds is 8. The molecule has 0 bridgehead atoms. The number of carbonyl (C=O) groups is 1. The molecule has 0 fully saturated rings. The molecule has 0 saturated carbocycles. The maximum absolute atomic E-state index is 12.0. The SMILES string of the molecule is CCNC(=NCC(=O)NCc1ccccc1)NCC(C)(O)c1cnn(C)c1.I. The van der Waals surface area contributed by atoms with E-state index in [-0.39, 0.29) is 43.0 Å². The van der Waals surface area contributed by atoms with Crippen molar-refractivity contribution in [1.82, 2.24) is 25.7 Å². The number of benzene rings is 1. The second-order valence-corrected chi connectivity index (χ2v) is 6.49. The van der Waals surface area contributed by atoms with Gasteiger partial charge in [0.15, 0.2) is 5.96 Å². The molecule has 0 aliphatic carbocycles. The molecule has 9 heteroatoms. The maximum atomic E-state index is 12.0. The van der Waals surface area contributed by atoms with Crippen molar-refractivity contribution >= 4 is 35.8 Å². The third-order valence-electron chi connectivity index (χ3n) is 3.98. The predicted octanol–water partition coefficient (Wildman–Crippen LogP) is 1.12. The van der Waals surface area contributed by atoms with E-state index in [9.17, 15) is 9.90 Å². The molecule has 4 N–H and O–H groups in total. The minimum Gasteiger partial charge on any atom is -0.383 e. The third kappa shape index (κ3) is 7.85. The summed E-state index contributed by atoms with van der Waals surface area (Å²) in [5, 5.41) is 23.7. The summed E-state index contributed by atoms with van der Waals surface area (Å²) in [5.41, 5.74) is 0.626. The quantitative estimate of drug-likeness (QED) is 0.247. The van der Waals surface area contributed by atoms with Gasteiger partial charge in [-0.15, -0.1) is 24.0 Å².